The molecule has 1 unspecified atom stereocenters. The van der Waals surface area contributed by atoms with E-state index < -0.39 is 0 Å². The summed E-state index contributed by atoms with van der Waals surface area (Å²) in [7, 11) is 0. The van der Waals surface area contributed by atoms with Gasteiger partial charge in [0.05, 0.1) is 0 Å². The first-order valence-electron chi connectivity index (χ1n) is 8.03. The van der Waals surface area contributed by atoms with Crippen molar-refractivity contribution in [2.75, 3.05) is 26.2 Å². The standard InChI is InChI=1S/C17H25ClN2/c18-16-6-4-15(5-7-16)17-3-1-2-12-20(17)13-14-8-10-19-11-9-14/h4-7,14,17,19H,1-3,8-13H2. The molecule has 0 saturated carbocycles. The van der Waals surface area contributed by atoms with Crippen LogP contribution in [0.2, 0.25) is 5.02 Å². The summed E-state index contributed by atoms with van der Waals surface area (Å²) in [5, 5.41) is 4.31. The highest BCUT2D eigenvalue weighted by Crippen LogP contribution is 2.32. The SMILES string of the molecule is Clc1ccc(C2CCCCN2CC2CCNCC2)cc1. The maximum Gasteiger partial charge on any atom is 0.0406 e. The van der Waals surface area contributed by atoms with Gasteiger partial charge in [0.1, 0.15) is 0 Å². The summed E-state index contributed by atoms with van der Waals surface area (Å²) in [4.78, 5) is 2.72. The summed E-state index contributed by atoms with van der Waals surface area (Å²) >= 11 is 6.02. The molecule has 1 aromatic rings. The first-order chi connectivity index (χ1) is 9.83. The second-order valence-electron chi connectivity index (χ2n) is 6.25. The number of hydrogen-bond donors (Lipinski definition) is 1. The maximum absolute atomic E-state index is 6.02. The summed E-state index contributed by atoms with van der Waals surface area (Å²) in [6.45, 7) is 4.93. The van der Waals surface area contributed by atoms with Crippen molar-refractivity contribution >= 4 is 11.6 Å². The Bertz CT molecular complexity index is 412. The third kappa shape index (κ3) is 3.55. The van der Waals surface area contributed by atoms with Gasteiger partial charge in [0, 0.05) is 17.6 Å². The Morgan fingerprint density at radius 3 is 2.55 bits per heavy atom. The number of piperidine rings is 2. The molecule has 20 heavy (non-hydrogen) atoms. The highest BCUT2D eigenvalue weighted by molar-refractivity contribution is 6.30. The summed E-state index contributed by atoms with van der Waals surface area (Å²) in [5.41, 5.74) is 1.45. The second-order valence-corrected chi connectivity index (χ2v) is 6.69. The third-order valence-corrected chi connectivity index (χ3v) is 5.07. The van der Waals surface area contributed by atoms with Gasteiger partial charge in [-0.15, -0.1) is 0 Å². The Balaban J connectivity index is 1.68. The molecule has 0 bridgehead atoms. The fourth-order valence-electron chi connectivity index (χ4n) is 3.67. The average Bonchev–Trinajstić information content (AvgIpc) is 2.50. The molecule has 3 rings (SSSR count). The van der Waals surface area contributed by atoms with Gasteiger partial charge in [-0.05, 0) is 68.9 Å². The van der Waals surface area contributed by atoms with Crippen LogP contribution in [0.3, 0.4) is 0 Å². The summed E-state index contributed by atoms with van der Waals surface area (Å²) in [6, 6.07) is 9.11. The molecule has 3 heteroatoms. The monoisotopic (exact) mass is 292 g/mol. The fraction of sp³-hybridized carbons (Fsp3) is 0.647. The number of hydrogen-bond acceptors (Lipinski definition) is 2. The first-order valence-corrected chi connectivity index (χ1v) is 8.41. The van der Waals surface area contributed by atoms with E-state index >= 15 is 0 Å². The molecular weight excluding hydrogens is 268 g/mol. The lowest BCUT2D eigenvalue weighted by molar-refractivity contribution is 0.115. The van der Waals surface area contributed by atoms with Crippen molar-refractivity contribution in [3.05, 3.63) is 34.9 Å². The smallest absolute Gasteiger partial charge is 0.0406 e. The summed E-state index contributed by atoms with van der Waals surface area (Å²) in [6.07, 6.45) is 6.69. The van der Waals surface area contributed by atoms with E-state index in [1.165, 1.54) is 63.8 Å². The van der Waals surface area contributed by atoms with Crippen molar-refractivity contribution in [3.8, 4) is 0 Å². The molecule has 2 heterocycles. The predicted octanol–water partition coefficient (Wildman–Crippen LogP) is 3.87. The lowest BCUT2D eigenvalue weighted by Crippen LogP contribution is -2.40. The molecule has 1 N–H and O–H groups in total. The topological polar surface area (TPSA) is 15.3 Å². The largest absolute Gasteiger partial charge is 0.317 e. The van der Waals surface area contributed by atoms with E-state index in [0.717, 1.165) is 10.9 Å². The molecule has 2 aliphatic rings. The van der Waals surface area contributed by atoms with Crippen LogP contribution in [0.4, 0.5) is 0 Å². The maximum atomic E-state index is 6.02. The Labute approximate surface area is 127 Å². The van der Waals surface area contributed by atoms with Gasteiger partial charge >= 0.3 is 0 Å². The number of likely N-dealkylation sites (tertiary alicyclic amines) is 1. The van der Waals surface area contributed by atoms with E-state index in [1.807, 2.05) is 12.1 Å². The summed E-state index contributed by atoms with van der Waals surface area (Å²) in [5.74, 6) is 0.879. The second kappa shape index (κ2) is 6.93. The number of halogens is 1. The first kappa shape index (κ1) is 14.4. The molecule has 2 fully saturated rings. The quantitative estimate of drug-likeness (QED) is 0.910. The predicted molar refractivity (Wildman–Crippen MR) is 85.2 cm³/mol. The van der Waals surface area contributed by atoms with E-state index in [9.17, 15) is 0 Å². The van der Waals surface area contributed by atoms with Crippen LogP contribution < -0.4 is 5.32 Å². The Morgan fingerprint density at radius 1 is 1.05 bits per heavy atom. The minimum atomic E-state index is 0.607. The van der Waals surface area contributed by atoms with E-state index in [-0.39, 0.29) is 0 Å². The van der Waals surface area contributed by atoms with Gasteiger partial charge in [-0.2, -0.15) is 0 Å². The van der Waals surface area contributed by atoms with Gasteiger partial charge in [0.15, 0.2) is 0 Å². The minimum absolute atomic E-state index is 0.607. The molecule has 0 radical (unpaired) electrons. The van der Waals surface area contributed by atoms with Crippen LogP contribution in [0.5, 0.6) is 0 Å². The van der Waals surface area contributed by atoms with Crippen molar-refractivity contribution in [2.45, 2.75) is 38.1 Å². The average molecular weight is 293 g/mol. The Morgan fingerprint density at radius 2 is 1.80 bits per heavy atom. The molecule has 1 atom stereocenters. The van der Waals surface area contributed by atoms with E-state index in [1.54, 1.807) is 0 Å². The normalized spacial score (nSPS) is 25.8. The van der Waals surface area contributed by atoms with Crippen molar-refractivity contribution in [1.82, 2.24) is 10.2 Å². The third-order valence-electron chi connectivity index (χ3n) is 4.82. The van der Waals surface area contributed by atoms with Gasteiger partial charge in [0.25, 0.3) is 0 Å². The lowest BCUT2D eigenvalue weighted by Gasteiger charge is -2.39. The van der Waals surface area contributed by atoms with Gasteiger partial charge in [-0.3, -0.25) is 4.90 Å². The van der Waals surface area contributed by atoms with Gasteiger partial charge < -0.3 is 5.32 Å². The van der Waals surface area contributed by atoms with Crippen molar-refractivity contribution in [1.29, 1.82) is 0 Å². The fourth-order valence-corrected chi connectivity index (χ4v) is 3.79. The summed E-state index contributed by atoms with van der Waals surface area (Å²) < 4.78 is 0. The zero-order chi connectivity index (χ0) is 13.8. The zero-order valence-corrected chi connectivity index (χ0v) is 12.9. The van der Waals surface area contributed by atoms with Gasteiger partial charge in [-0.1, -0.05) is 30.2 Å². The van der Waals surface area contributed by atoms with Crippen LogP contribution in [0.1, 0.15) is 43.7 Å². The molecule has 0 spiro atoms. The van der Waals surface area contributed by atoms with Crippen molar-refractivity contribution < 1.29 is 0 Å². The highest BCUT2D eigenvalue weighted by Gasteiger charge is 2.26. The molecule has 0 amide bonds. The molecular formula is C17H25ClN2. The Kier molecular flexibility index (Phi) is 4.98. The number of rotatable bonds is 3. The number of nitrogens with zero attached hydrogens (tertiary/aromatic N) is 1. The van der Waals surface area contributed by atoms with Crippen molar-refractivity contribution in [3.63, 3.8) is 0 Å². The van der Waals surface area contributed by atoms with E-state index in [4.69, 9.17) is 11.6 Å². The van der Waals surface area contributed by atoms with Crippen LogP contribution in [-0.4, -0.2) is 31.1 Å². The lowest BCUT2D eigenvalue weighted by atomic mass is 9.91. The highest BCUT2D eigenvalue weighted by atomic mass is 35.5. The van der Waals surface area contributed by atoms with Gasteiger partial charge in [-0.25, -0.2) is 0 Å². The molecule has 110 valence electrons. The van der Waals surface area contributed by atoms with E-state index in [2.05, 4.69) is 22.3 Å². The molecule has 0 aromatic heterocycles. The molecule has 1 aromatic carbocycles. The van der Waals surface area contributed by atoms with Crippen LogP contribution in [-0.2, 0) is 0 Å². The van der Waals surface area contributed by atoms with Crippen molar-refractivity contribution in [2.24, 2.45) is 5.92 Å². The number of benzene rings is 1. The molecule has 0 aliphatic carbocycles. The minimum Gasteiger partial charge on any atom is -0.317 e. The van der Waals surface area contributed by atoms with Crippen LogP contribution in [0.25, 0.3) is 0 Å². The molecule has 2 nitrogen and oxygen atoms in total. The van der Waals surface area contributed by atoms with Crippen LogP contribution in [0.15, 0.2) is 24.3 Å². The van der Waals surface area contributed by atoms with Crippen LogP contribution >= 0.6 is 11.6 Å². The van der Waals surface area contributed by atoms with Gasteiger partial charge in [0.2, 0.25) is 0 Å². The zero-order valence-electron chi connectivity index (χ0n) is 12.2. The number of nitrogens with one attached hydrogen (secondary N) is 1. The molecule has 2 saturated heterocycles. The molecule has 2 aliphatic heterocycles. The van der Waals surface area contributed by atoms with E-state index in [0.29, 0.717) is 6.04 Å². The van der Waals surface area contributed by atoms with Crippen LogP contribution in [0, 0.1) is 5.92 Å². The Hall–Kier alpha value is -0.570.